The van der Waals surface area contributed by atoms with Gasteiger partial charge in [0.1, 0.15) is 6.10 Å². The molecule has 2 atom stereocenters. The molecule has 2 unspecified atom stereocenters. The first-order chi connectivity index (χ1) is 8.61. The molecule has 0 bridgehead atoms. The van der Waals surface area contributed by atoms with Crippen LogP contribution in [0, 0.1) is 5.92 Å². The van der Waals surface area contributed by atoms with Gasteiger partial charge in [-0.2, -0.15) is 0 Å². The van der Waals surface area contributed by atoms with Crippen molar-refractivity contribution < 1.29 is 14.6 Å². The first-order valence-electron chi connectivity index (χ1n) is 6.46. The van der Waals surface area contributed by atoms with Gasteiger partial charge in [-0.15, -0.1) is 0 Å². The molecule has 0 aromatic rings. The summed E-state index contributed by atoms with van der Waals surface area (Å²) in [6.45, 7) is 5.99. The van der Waals surface area contributed by atoms with Gasteiger partial charge in [-0.05, 0) is 31.8 Å². The van der Waals surface area contributed by atoms with E-state index in [4.69, 9.17) is 4.74 Å². The maximum Gasteiger partial charge on any atom is 0.334 e. The van der Waals surface area contributed by atoms with Crippen LogP contribution in [-0.4, -0.2) is 23.8 Å². The van der Waals surface area contributed by atoms with Gasteiger partial charge in [0.2, 0.25) is 0 Å². The number of aliphatic hydroxyl groups is 1. The molecular formula is C15H20O3. The molecule has 2 rings (SSSR count). The summed E-state index contributed by atoms with van der Waals surface area (Å²) >= 11 is 0. The van der Waals surface area contributed by atoms with Crippen LogP contribution in [0.15, 0.2) is 35.5 Å². The molecule has 1 heterocycles. The highest BCUT2D eigenvalue weighted by Gasteiger charge is 2.37. The summed E-state index contributed by atoms with van der Waals surface area (Å²) in [5.74, 6) is -0.212. The molecule has 0 amide bonds. The Hall–Kier alpha value is -1.35. The van der Waals surface area contributed by atoms with Crippen LogP contribution < -0.4 is 0 Å². The van der Waals surface area contributed by atoms with Crippen LogP contribution in [0.2, 0.25) is 0 Å². The summed E-state index contributed by atoms with van der Waals surface area (Å²) in [6.07, 6.45) is 7.46. The molecule has 18 heavy (non-hydrogen) atoms. The Morgan fingerprint density at radius 2 is 2.28 bits per heavy atom. The molecule has 0 aromatic carbocycles. The van der Waals surface area contributed by atoms with Crippen molar-refractivity contribution in [2.45, 2.75) is 38.7 Å². The zero-order valence-corrected chi connectivity index (χ0v) is 10.8. The van der Waals surface area contributed by atoms with E-state index in [1.54, 1.807) is 0 Å². The van der Waals surface area contributed by atoms with Crippen LogP contribution in [0.4, 0.5) is 0 Å². The quantitative estimate of drug-likeness (QED) is 0.440. The maximum absolute atomic E-state index is 11.6. The lowest BCUT2D eigenvalue weighted by Crippen LogP contribution is -2.17. The van der Waals surface area contributed by atoms with Crippen LogP contribution in [0.1, 0.15) is 32.6 Å². The third kappa shape index (κ3) is 2.72. The predicted octanol–water partition coefficient (Wildman–Crippen LogP) is 2.52. The van der Waals surface area contributed by atoms with Gasteiger partial charge in [0, 0.05) is 17.9 Å². The summed E-state index contributed by atoms with van der Waals surface area (Å²) in [7, 11) is 0. The monoisotopic (exact) mass is 248 g/mol. The lowest BCUT2D eigenvalue weighted by Gasteiger charge is -2.18. The van der Waals surface area contributed by atoms with Crippen LogP contribution in [0.3, 0.4) is 0 Å². The van der Waals surface area contributed by atoms with Crippen molar-refractivity contribution in [3.63, 3.8) is 0 Å². The minimum atomic E-state index is -0.268. The fraction of sp³-hybridized carbons (Fsp3) is 0.533. The number of hydrogen-bond acceptors (Lipinski definition) is 3. The Bertz CT molecular complexity index is 417. The second-order valence-electron chi connectivity index (χ2n) is 5.12. The van der Waals surface area contributed by atoms with Gasteiger partial charge in [-0.1, -0.05) is 24.3 Å². The second-order valence-corrected chi connectivity index (χ2v) is 5.12. The van der Waals surface area contributed by atoms with E-state index >= 15 is 0 Å². The van der Waals surface area contributed by atoms with E-state index in [9.17, 15) is 9.90 Å². The summed E-state index contributed by atoms with van der Waals surface area (Å²) in [4.78, 5) is 11.6. The van der Waals surface area contributed by atoms with Crippen LogP contribution >= 0.6 is 0 Å². The lowest BCUT2D eigenvalue weighted by atomic mass is 9.88. The molecule has 0 aromatic heterocycles. The van der Waals surface area contributed by atoms with Gasteiger partial charge in [0.05, 0.1) is 6.61 Å². The van der Waals surface area contributed by atoms with E-state index in [1.165, 1.54) is 5.57 Å². The highest BCUT2D eigenvalue weighted by atomic mass is 16.6. The lowest BCUT2D eigenvalue weighted by molar-refractivity contribution is -0.139. The fourth-order valence-corrected chi connectivity index (χ4v) is 2.59. The molecule has 0 spiro atoms. The third-order valence-corrected chi connectivity index (χ3v) is 3.76. The highest BCUT2D eigenvalue weighted by molar-refractivity contribution is 5.90. The molecule has 0 radical (unpaired) electrons. The third-order valence-electron chi connectivity index (χ3n) is 3.76. The minimum Gasteiger partial charge on any atom is -0.458 e. The number of hydrogen-bond donors (Lipinski definition) is 1. The molecule has 1 aliphatic heterocycles. The SMILES string of the molecule is C=C1C(=O)OC2CC(C)=CCCC(CO)=CCC12. The van der Waals surface area contributed by atoms with Crippen molar-refractivity contribution in [2.75, 3.05) is 6.61 Å². The first kappa shape index (κ1) is 13.1. The zero-order valence-electron chi connectivity index (χ0n) is 10.8. The topological polar surface area (TPSA) is 46.5 Å². The Morgan fingerprint density at radius 1 is 1.50 bits per heavy atom. The van der Waals surface area contributed by atoms with Gasteiger partial charge < -0.3 is 9.84 Å². The Labute approximate surface area is 108 Å². The van der Waals surface area contributed by atoms with Crippen LogP contribution in [-0.2, 0) is 9.53 Å². The Kier molecular flexibility index (Phi) is 4.02. The molecule has 1 aliphatic carbocycles. The van der Waals surface area contributed by atoms with Gasteiger partial charge in [0.15, 0.2) is 0 Å². The average Bonchev–Trinajstić information content (AvgIpc) is 2.60. The number of allylic oxidation sites excluding steroid dienone is 2. The van der Waals surface area contributed by atoms with E-state index in [0.717, 1.165) is 31.3 Å². The molecule has 3 heteroatoms. The molecular weight excluding hydrogens is 228 g/mol. The standard InChI is InChI=1S/C15H20O3/c1-10-4-3-5-12(9-16)6-7-13-11(2)15(17)18-14(13)8-10/h4,6,13-14,16H,2-3,5,7-9H2,1H3. The number of aliphatic hydroxyl groups excluding tert-OH is 1. The van der Waals surface area contributed by atoms with Gasteiger partial charge >= 0.3 is 5.97 Å². The van der Waals surface area contributed by atoms with E-state index in [-0.39, 0.29) is 24.6 Å². The van der Waals surface area contributed by atoms with Crippen molar-refractivity contribution in [3.8, 4) is 0 Å². The molecule has 1 saturated heterocycles. The molecule has 1 fully saturated rings. The number of carbonyl (C=O) groups is 1. The van der Waals surface area contributed by atoms with Gasteiger partial charge in [0.25, 0.3) is 0 Å². The molecule has 98 valence electrons. The number of rotatable bonds is 1. The minimum absolute atomic E-state index is 0.0560. The Morgan fingerprint density at radius 3 is 3.00 bits per heavy atom. The summed E-state index contributed by atoms with van der Waals surface area (Å²) in [5, 5.41) is 9.28. The average molecular weight is 248 g/mol. The molecule has 0 saturated carbocycles. The van der Waals surface area contributed by atoms with Crippen molar-refractivity contribution >= 4 is 5.97 Å². The predicted molar refractivity (Wildman–Crippen MR) is 69.9 cm³/mol. The first-order valence-corrected chi connectivity index (χ1v) is 6.46. The largest absolute Gasteiger partial charge is 0.458 e. The summed E-state index contributed by atoms with van der Waals surface area (Å²) < 4.78 is 5.38. The van der Waals surface area contributed by atoms with E-state index < -0.39 is 0 Å². The fourth-order valence-electron chi connectivity index (χ4n) is 2.59. The normalized spacial score (nSPS) is 29.2. The maximum atomic E-state index is 11.6. The zero-order chi connectivity index (χ0) is 13.1. The molecule has 2 aliphatic rings. The van der Waals surface area contributed by atoms with Crippen LogP contribution in [0.25, 0.3) is 0 Å². The van der Waals surface area contributed by atoms with Crippen molar-refractivity contribution in [1.29, 1.82) is 0 Å². The van der Waals surface area contributed by atoms with Gasteiger partial charge in [-0.3, -0.25) is 0 Å². The second kappa shape index (κ2) is 5.53. The number of ether oxygens (including phenoxy) is 1. The summed E-state index contributed by atoms with van der Waals surface area (Å²) in [6, 6.07) is 0. The van der Waals surface area contributed by atoms with Crippen molar-refractivity contribution in [1.82, 2.24) is 0 Å². The number of esters is 1. The smallest absolute Gasteiger partial charge is 0.334 e. The molecule has 1 N–H and O–H groups in total. The number of fused-ring (bicyclic) bond motifs is 1. The van der Waals surface area contributed by atoms with E-state index in [1.807, 2.05) is 6.08 Å². The highest BCUT2D eigenvalue weighted by Crippen LogP contribution is 2.34. The van der Waals surface area contributed by atoms with Crippen molar-refractivity contribution in [2.24, 2.45) is 5.92 Å². The van der Waals surface area contributed by atoms with E-state index in [0.29, 0.717) is 5.57 Å². The van der Waals surface area contributed by atoms with Crippen molar-refractivity contribution in [3.05, 3.63) is 35.5 Å². The van der Waals surface area contributed by atoms with Gasteiger partial charge in [-0.25, -0.2) is 4.79 Å². The van der Waals surface area contributed by atoms with E-state index in [2.05, 4.69) is 19.6 Å². The molecule has 3 nitrogen and oxygen atoms in total. The summed E-state index contributed by atoms with van der Waals surface area (Å²) in [5.41, 5.74) is 2.85. The number of carbonyl (C=O) groups excluding carboxylic acids is 1. The Balaban J connectivity index is 2.23. The van der Waals surface area contributed by atoms with Crippen LogP contribution in [0.5, 0.6) is 0 Å².